The van der Waals surface area contributed by atoms with Gasteiger partial charge in [0.25, 0.3) is 0 Å². The standard InChI is InChI=1S/C15H11N3O/c16-10-5-6-14-12(8-10)18-15(19-14)13-7-9-3-1-2-4-11(9)17-13/h1-8,17H,16H2. The number of hydrogen-bond donors (Lipinski definition) is 2. The van der Waals surface area contributed by atoms with Crippen LogP contribution in [0.1, 0.15) is 0 Å². The predicted molar refractivity (Wildman–Crippen MR) is 75.7 cm³/mol. The van der Waals surface area contributed by atoms with E-state index in [0.717, 1.165) is 27.7 Å². The summed E-state index contributed by atoms with van der Waals surface area (Å²) >= 11 is 0. The molecule has 0 aliphatic heterocycles. The Morgan fingerprint density at radius 3 is 2.84 bits per heavy atom. The lowest BCUT2D eigenvalue weighted by molar-refractivity contribution is 0.617. The first-order valence-electron chi connectivity index (χ1n) is 6.04. The molecule has 0 aliphatic carbocycles. The van der Waals surface area contributed by atoms with Gasteiger partial charge in [-0.05, 0) is 30.3 Å². The van der Waals surface area contributed by atoms with Crippen LogP contribution in [0.4, 0.5) is 5.69 Å². The molecular formula is C15H11N3O. The molecule has 0 fully saturated rings. The van der Waals surface area contributed by atoms with Crippen LogP contribution in [0.25, 0.3) is 33.6 Å². The maximum atomic E-state index is 5.74. The Labute approximate surface area is 108 Å². The molecule has 0 unspecified atom stereocenters. The van der Waals surface area contributed by atoms with E-state index in [2.05, 4.69) is 16.0 Å². The van der Waals surface area contributed by atoms with Crippen molar-refractivity contribution in [3.63, 3.8) is 0 Å². The SMILES string of the molecule is Nc1ccc2oc(-c3cc4ccccc4[nH]3)nc2c1. The molecule has 0 saturated heterocycles. The predicted octanol–water partition coefficient (Wildman–Crippen LogP) is 3.56. The molecule has 4 rings (SSSR count). The van der Waals surface area contributed by atoms with E-state index in [1.54, 1.807) is 0 Å². The van der Waals surface area contributed by atoms with Crippen molar-refractivity contribution >= 4 is 27.7 Å². The molecule has 92 valence electrons. The van der Waals surface area contributed by atoms with Crippen LogP contribution in [-0.2, 0) is 0 Å². The molecule has 19 heavy (non-hydrogen) atoms. The van der Waals surface area contributed by atoms with Gasteiger partial charge >= 0.3 is 0 Å². The maximum Gasteiger partial charge on any atom is 0.244 e. The summed E-state index contributed by atoms with van der Waals surface area (Å²) < 4.78 is 5.74. The van der Waals surface area contributed by atoms with E-state index < -0.39 is 0 Å². The number of nitrogens with one attached hydrogen (secondary N) is 1. The van der Waals surface area contributed by atoms with Crippen LogP contribution in [0.2, 0.25) is 0 Å². The zero-order valence-corrected chi connectivity index (χ0v) is 10.1. The van der Waals surface area contributed by atoms with Crippen LogP contribution in [0.5, 0.6) is 0 Å². The second-order valence-corrected chi connectivity index (χ2v) is 4.52. The van der Waals surface area contributed by atoms with Crippen molar-refractivity contribution in [2.45, 2.75) is 0 Å². The number of fused-ring (bicyclic) bond motifs is 2. The smallest absolute Gasteiger partial charge is 0.244 e. The minimum absolute atomic E-state index is 0.580. The summed E-state index contributed by atoms with van der Waals surface area (Å²) in [6, 6.07) is 15.6. The summed E-state index contributed by atoms with van der Waals surface area (Å²) in [5, 5.41) is 1.14. The second-order valence-electron chi connectivity index (χ2n) is 4.52. The highest BCUT2D eigenvalue weighted by Gasteiger charge is 2.10. The van der Waals surface area contributed by atoms with E-state index in [1.807, 2.05) is 42.5 Å². The van der Waals surface area contributed by atoms with Crippen molar-refractivity contribution in [3.8, 4) is 11.6 Å². The Morgan fingerprint density at radius 2 is 1.95 bits per heavy atom. The van der Waals surface area contributed by atoms with E-state index >= 15 is 0 Å². The molecule has 2 aromatic carbocycles. The quantitative estimate of drug-likeness (QED) is 0.507. The van der Waals surface area contributed by atoms with E-state index in [4.69, 9.17) is 10.2 Å². The van der Waals surface area contributed by atoms with Gasteiger partial charge in [-0.15, -0.1) is 0 Å². The van der Waals surface area contributed by atoms with Crippen molar-refractivity contribution in [1.82, 2.24) is 9.97 Å². The highest BCUT2D eigenvalue weighted by atomic mass is 16.3. The fourth-order valence-electron chi connectivity index (χ4n) is 2.25. The van der Waals surface area contributed by atoms with Crippen molar-refractivity contribution in [2.24, 2.45) is 0 Å². The van der Waals surface area contributed by atoms with Gasteiger partial charge < -0.3 is 15.1 Å². The van der Waals surface area contributed by atoms with Gasteiger partial charge in [0.2, 0.25) is 5.89 Å². The fourth-order valence-corrected chi connectivity index (χ4v) is 2.25. The second kappa shape index (κ2) is 3.62. The van der Waals surface area contributed by atoms with Crippen LogP contribution in [-0.4, -0.2) is 9.97 Å². The van der Waals surface area contributed by atoms with Crippen molar-refractivity contribution in [1.29, 1.82) is 0 Å². The van der Waals surface area contributed by atoms with Crippen LogP contribution in [0.3, 0.4) is 0 Å². The van der Waals surface area contributed by atoms with Crippen LogP contribution < -0.4 is 5.73 Å². The van der Waals surface area contributed by atoms with Gasteiger partial charge in [-0.3, -0.25) is 0 Å². The van der Waals surface area contributed by atoms with E-state index in [-0.39, 0.29) is 0 Å². The van der Waals surface area contributed by atoms with Gasteiger partial charge in [0.05, 0.1) is 0 Å². The Morgan fingerprint density at radius 1 is 1.05 bits per heavy atom. The average molecular weight is 249 g/mol. The number of nitrogen functional groups attached to an aromatic ring is 1. The fraction of sp³-hybridized carbons (Fsp3) is 0. The molecule has 0 spiro atoms. The molecule has 2 aromatic heterocycles. The van der Waals surface area contributed by atoms with Crippen LogP contribution in [0.15, 0.2) is 52.9 Å². The molecule has 0 saturated carbocycles. The summed E-state index contributed by atoms with van der Waals surface area (Å²) in [4.78, 5) is 7.76. The maximum absolute atomic E-state index is 5.74. The summed E-state index contributed by atoms with van der Waals surface area (Å²) in [6.07, 6.45) is 0. The van der Waals surface area contributed by atoms with Gasteiger partial charge in [-0.2, -0.15) is 0 Å². The zero-order valence-electron chi connectivity index (χ0n) is 10.1. The number of nitrogens with zero attached hydrogens (tertiary/aromatic N) is 1. The minimum Gasteiger partial charge on any atom is -0.435 e. The zero-order chi connectivity index (χ0) is 12.8. The highest BCUT2D eigenvalue weighted by molar-refractivity contribution is 5.86. The number of para-hydroxylation sites is 1. The lowest BCUT2D eigenvalue weighted by Gasteiger charge is -1.88. The van der Waals surface area contributed by atoms with E-state index in [0.29, 0.717) is 11.6 Å². The number of anilines is 1. The van der Waals surface area contributed by atoms with Gasteiger partial charge in [-0.1, -0.05) is 18.2 Å². The Kier molecular flexibility index (Phi) is 1.94. The lowest BCUT2D eigenvalue weighted by Crippen LogP contribution is -1.82. The molecule has 0 radical (unpaired) electrons. The van der Waals surface area contributed by atoms with Crippen molar-refractivity contribution in [3.05, 3.63) is 48.5 Å². The van der Waals surface area contributed by atoms with Gasteiger partial charge in [-0.25, -0.2) is 4.98 Å². The number of rotatable bonds is 1. The molecule has 0 amide bonds. The number of oxazole rings is 1. The lowest BCUT2D eigenvalue weighted by atomic mass is 10.2. The first-order chi connectivity index (χ1) is 9.29. The summed E-state index contributed by atoms with van der Waals surface area (Å²) in [5.41, 5.74) is 9.88. The monoisotopic (exact) mass is 249 g/mol. The third-order valence-electron chi connectivity index (χ3n) is 3.17. The van der Waals surface area contributed by atoms with Gasteiger partial charge in [0, 0.05) is 16.6 Å². The first kappa shape index (κ1) is 10.2. The number of aromatic amines is 1. The largest absolute Gasteiger partial charge is 0.435 e. The number of hydrogen-bond acceptors (Lipinski definition) is 3. The molecular weight excluding hydrogens is 238 g/mol. The number of nitrogens with two attached hydrogens (primary N) is 1. The van der Waals surface area contributed by atoms with Crippen molar-refractivity contribution in [2.75, 3.05) is 5.73 Å². The Hall–Kier alpha value is -2.75. The summed E-state index contributed by atoms with van der Waals surface area (Å²) in [6.45, 7) is 0. The number of H-pyrrole nitrogens is 1. The van der Waals surface area contributed by atoms with Crippen LogP contribution in [0, 0.1) is 0 Å². The molecule has 0 bridgehead atoms. The molecule has 0 aliphatic rings. The van der Waals surface area contributed by atoms with E-state index in [1.165, 1.54) is 0 Å². The molecule has 3 N–H and O–H groups in total. The number of aromatic nitrogens is 2. The summed E-state index contributed by atoms with van der Waals surface area (Å²) in [5.74, 6) is 0.580. The molecule has 4 aromatic rings. The van der Waals surface area contributed by atoms with Crippen molar-refractivity contribution < 1.29 is 4.42 Å². The third kappa shape index (κ3) is 1.57. The summed E-state index contributed by atoms with van der Waals surface area (Å²) in [7, 11) is 0. The normalized spacial score (nSPS) is 11.4. The number of benzene rings is 2. The molecule has 4 nitrogen and oxygen atoms in total. The molecule has 0 atom stereocenters. The van der Waals surface area contributed by atoms with Gasteiger partial charge in [0.15, 0.2) is 5.58 Å². The topological polar surface area (TPSA) is 67.8 Å². The average Bonchev–Trinajstić information content (AvgIpc) is 3.00. The highest BCUT2D eigenvalue weighted by Crippen LogP contribution is 2.27. The first-order valence-corrected chi connectivity index (χ1v) is 6.04. The van der Waals surface area contributed by atoms with Gasteiger partial charge in [0.1, 0.15) is 11.2 Å². The van der Waals surface area contributed by atoms with Crippen LogP contribution >= 0.6 is 0 Å². The Balaban J connectivity index is 1.93. The van der Waals surface area contributed by atoms with E-state index in [9.17, 15) is 0 Å². The Bertz CT molecular complexity index is 856. The molecule has 4 heteroatoms. The minimum atomic E-state index is 0.580. The third-order valence-corrected chi connectivity index (χ3v) is 3.17. The molecule has 2 heterocycles.